The van der Waals surface area contributed by atoms with Crippen LogP contribution < -0.4 is 5.32 Å². The van der Waals surface area contributed by atoms with Crippen molar-refractivity contribution in [1.82, 2.24) is 14.8 Å². The van der Waals surface area contributed by atoms with Crippen LogP contribution in [0.1, 0.15) is 17.7 Å². The second-order valence-corrected chi connectivity index (χ2v) is 6.43. The normalized spacial score (nSPS) is 11.0. The van der Waals surface area contributed by atoms with Gasteiger partial charge in [-0.05, 0) is 37.6 Å². The van der Waals surface area contributed by atoms with Gasteiger partial charge in [0.1, 0.15) is 11.9 Å². The van der Waals surface area contributed by atoms with E-state index in [1.807, 2.05) is 22.9 Å². The van der Waals surface area contributed by atoms with Crippen molar-refractivity contribution in [2.45, 2.75) is 19.9 Å². The number of aromatic nitrogens is 3. The lowest BCUT2D eigenvalue weighted by molar-refractivity contribution is 0.583. The lowest BCUT2D eigenvalue weighted by atomic mass is 10.1. The summed E-state index contributed by atoms with van der Waals surface area (Å²) in [5, 5.41) is 19.1. The number of aryl methyl sites for hydroxylation is 2. The maximum atomic E-state index is 13.7. The first-order chi connectivity index (χ1) is 13.2. The average Bonchev–Trinajstić information content (AvgIpc) is 3.01. The number of fused-ring (bicyclic) bond motifs is 2. The minimum atomic E-state index is -0.346. The van der Waals surface area contributed by atoms with Gasteiger partial charge in [0.15, 0.2) is 0 Å². The molecule has 4 rings (SSSR count). The SMILES string of the molecule is Cc1c2ccccc2nn1CCCNc1c(C#N)cnc2ccc(F)cc12. The molecule has 0 aliphatic heterocycles. The summed E-state index contributed by atoms with van der Waals surface area (Å²) in [7, 11) is 0. The number of hydrogen-bond acceptors (Lipinski definition) is 4. The largest absolute Gasteiger partial charge is 0.383 e. The highest BCUT2D eigenvalue weighted by molar-refractivity contribution is 5.93. The van der Waals surface area contributed by atoms with Crippen molar-refractivity contribution >= 4 is 27.5 Å². The molecule has 0 unspecified atom stereocenters. The van der Waals surface area contributed by atoms with E-state index in [-0.39, 0.29) is 5.82 Å². The molecule has 0 aliphatic rings. The molecule has 0 atom stereocenters. The van der Waals surface area contributed by atoms with Gasteiger partial charge >= 0.3 is 0 Å². The second-order valence-electron chi connectivity index (χ2n) is 6.43. The third kappa shape index (κ3) is 3.20. The van der Waals surface area contributed by atoms with Gasteiger partial charge in [-0.3, -0.25) is 9.67 Å². The number of nitriles is 1. The van der Waals surface area contributed by atoms with Crippen molar-refractivity contribution in [1.29, 1.82) is 5.26 Å². The van der Waals surface area contributed by atoms with Crippen LogP contribution in [0.3, 0.4) is 0 Å². The Morgan fingerprint density at radius 2 is 2.00 bits per heavy atom. The Kier molecular flexibility index (Phi) is 4.43. The Hall–Kier alpha value is -3.46. The summed E-state index contributed by atoms with van der Waals surface area (Å²) in [5.41, 5.74) is 3.83. The molecule has 0 saturated heterocycles. The van der Waals surface area contributed by atoms with E-state index >= 15 is 0 Å². The molecule has 2 aromatic heterocycles. The summed E-state index contributed by atoms with van der Waals surface area (Å²) in [6.07, 6.45) is 2.34. The fourth-order valence-corrected chi connectivity index (χ4v) is 3.31. The first-order valence-corrected chi connectivity index (χ1v) is 8.82. The van der Waals surface area contributed by atoms with Gasteiger partial charge in [-0.15, -0.1) is 0 Å². The third-order valence-corrected chi connectivity index (χ3v) is 4.71. The quantitative estimate of drug-likeness (QED) is 0.536. The minimum Gasteiger partial charge on any atom is -0.383 e. The predicted octanol–water partition coefficient (Wildman–Crippen LogP) is 4.41. The van der Waals surface area contributed by atoms with Crippen LogP contribution in [-0.2, 0) is 6.54 Å². The number of rotatable bonds is 5. The summed E-state index contributed by atoms with van der Waals surface area (Å²) in [6, 6.07) is 14.6. The number of hydrogen-bond donors (Lipinski definition) is 1. The van der Waals surface area contributed by atoms with Crippen molar-refractivity contribution in [3.05, 3.63) is 65.7 Å². The second kappa shape index (κ2) is 7.04. The molecule has 6 heteroatoms. The minimum absolute atomic E-state index is 0.346. The lowest BCUT2D eigenvalue weighted by Crippen LogP contribution is -2.10. The predicted molar refractivity (Wildman–Crippen MR) is 104 cm³/mol. The maximum absolute atomic E-state index is 13.7. The Bertz CT molecular complexity index is 1170. The third-order valence-electron chi connectivity index (χ3n) is 4.71. The van der Waals surface area contributed by atoms with Gasteiger partial charge in [0.2, 0.25) is 0 Å². The van der Waals surface area contributed by atoms with E-state index in [1.54, 1.807) is 6.07 Å². The van der Waals surface area contributed by atoms with E-state index in [9.17, 15) is 9.65 Å². The van der Waals surface area contributed by atoms with E-state index < -0.39 is 0 Å². The van der Waals surface area contributed by atoms with Gasteiger partial charge in [-0.1, -0.05) is 18.2 Å². The van der Waals surface area contributed by atoms with Crippen LogP contribution in [-0.4, -0.2) is 21.3 Å². The number of nitrogens with zero attached hydrogens (tertiary/aromatic N) is 4. The van der Waals surface area contributed by atoms with Crippen LogP contribution in [0.5, 0.6) is 0 Å². The molecule has 1 N–H and O–H groups in total. The number of nitrogens with one attached hydrogen (secondary N) is 1. The molecule has 5 nitrogen and oxygen atoms in total. The van der Waals surface area contributed by atoms with Crippen LogP contribution in [0.25, 0.3) is 21.8 Å². The molecule has 0 saturated carbocycles. The van der Waals surface area contributed by atoms with Crippen molar-refractivity contribution in [2.75, 3.05) is 11.9 Å². The molecule has 2 aromatic carbocycles. The highest BCUT2D eigenvalue weighted by Crippen LogP contribution is 2.26. The zero-order chi connectivity index (χ0) is 18.8. The van der Waals surface area contributed by atoms with Crippen LogP contribution >= 0.6 is 0 Å². The molecule has 0 radical (unpaired) electrons. The monoisotopic (exact) mass is 359 g/mol. The highest BCUT2D eigenvalue weighted by atomic mass is 19.1. The van der Waals surface area contributed by atoms with Crippen LogP contribution in [0.4, 0.5) is 10.1 Å². The Morgan fingerprint density at radius 3 is 2.81 bits per heavy atom. The fourth-order valence-electron chi connectivity index (χ4n) is 3.31. The Balaban J connectivity index is 1.51. The van der Waals surface area contributed by atoms with Crippen molar-refractivity contribution < 1.29 is 4.39 Å². The Labute approximate surface area is 156 Å². The maximum Gasteiger partial charge on any atom is 0.124 e. The number of anilines is 1. The zero-order valence-electron chi connectivity index (χ0n) is 14.9. The van der Waals surface area contributed by atoms with E-state index in [4.69, 9.17) is 0 Å². The summed E-state index contributed by atoms with van der Waals surface area (Å²) < 4.78 is 15.7. The summed E-state index contributed by atoms with van der Waals surface area (Å²) in [6.45, 7) is 3.46. The number of pyridine rings is 1. The zero-order valence-corrected chi connectivity index (χ0v) is 14.9. The summed E-state index contributed by atoms with van der Waals surface area (Å²) in [5.74, 6) is -0.346. The highest BCUT2D eigenvalue weighted by Gasteiger charge is 2.10. The van der Waals surface area contributed by atoms with Gasteiger partial charge in [0.05, 0.1) is 22.3 Å². The average molecular weight is 359 g/mol. The van der Waals surface area contributed by atoms with Gasteiger partial charge in [0, 0.05) is 35.8 Å². The van der Waals surface area contributed by atoms with E-state index in [1.165, 1.54) is 18.3 Å². The van der Waals surface area contributed by atoms with Gasteiger partial charge < -0.3 is 5.32 Å². The first kappa shape index (κ1) is 17.0. The number of halogens is 1. The van der Waals surface area contributed by atoms with E-state index in [0.717, 1.165) is 29.6 Å². The lowest BCUT2D eigenvalue weighted by Gasteiger charge is -2.12. The van der Waals surface area contributed by atoms with E-state index in [0.29, 0.717) is 28.7 Å². The van der Waals surface area contributed by atoms with Crippen LogP contribution in [0, 0.1) is 24.1 Å². The fraction of sp³-hybridized carbons (Fsp3) is 0.190. The molecule has 0 fully saturated rings. The van der Waals surface area contributed by atoms with Gasteiger partial charge in [-0.25, -0.2) is 4.39 Å². The molecule has 0 amide bonds. The molecule has 2 heterocycles. The standard InChI is InChI=1S/C21H18FN5/c1-14-17-5-2-3-6-20(17)26-27(14)10-4-9-24-21-15(12-23)13-25-19-8-7-16(22)11-18(19)21/h2-3,5-8,11,13H,4,9-10H2,1H3,(H,24,25). The van der Waals surface area contributed by atoms with Crippen LogP contribution in [0.2, 0.25) is 0 Å². The van der Waals surface area contributed by atoms with Gasteiger partial charge in [0.25, 0.3) is 0 Å². The van der Waals surface area contributed by atoms with Crippen molar-refractivity contribution in [3.8, 4) is 6.07 Å². The summed E-state index contributed by atoms with van der Waals surface area (Å²) in [4.78, 5) is 4.22. The van der Waals surface area contributed by atoms with E-state index in [2.05, 4.69) is 34.5 Å². The molecule has 27 heavy (non-hydrogen) atoms. The van der Waals surface area contributed by atoms with Crippen molar-refractivity contribution in [2.24, 2.45) is 0 Å². The Morgan fingerprint density at radius 1 is 1.15 bits per heavy atom. The summed E-state index contributed by atoms with van der Waals surface area (Å²) >= 11 is 0. The topological polar surface area (TPSA) is 66.5 Å². The molecular formula is C21H18FN5. The molecular weight excluding hydrogens is 341 g/mol. The van der Waals surface area contributed by atoms with Crippen molar-refractivity contribution in [3.63, 3.8) is 0 Å². The smallest absolute Gasteiger partial charge is 0.124 e. The molecule has 0 bridgehead atoms. The number of benzene rings is 2. The first-order valence-electron chi connectivity index (χ1n) is 8.82. The molecule has 0 spiro atoms. The molecule has 0 aliphatic carbocycles. The molecule has 4 aromatic rings. The van der Waals surface area contributed by atoms with Crippen LogP contribution in [0.15, 0.2) is 48.7 Å². The van der Waals surface area contributed by atoms with Gasteiger partial charge in [-0.2, -0.15) is 10.4 Å². The molecule has 134 valence electrons.